The first-order chi connectivity index (χ1) is 15.3. The van der Waals surface area contributed by atoms with Crippen LogP contribution in [-0.4, -0.2) is 0 Å². The zero-order valence-electron chi connectivity index (χ0n) is 16.6. The third kappa shape index (κ3) is 3.16. The van der Waals surface area contributed by atoms with Crippen LogP contribution in [0.3, 0.4) is 0 Å². The number of anilines is 3. The first kappa shape index (κ1) is 18.4. The third-order valence-corrected chi connectivity index (χ3v) is 7.17. The van der Waals surface area contributed by atoms with Crippen LogP contribution in [0.5, 0.6) is 0 Å². The number of benzene rings is 5. The maximum atomic E-state index is 6.17. The van der Waals surface area contributed by atoms with Crippen molar-refractivity contribution in [3.8, 4) is 0 Å². The van der Waals surface area contributed by atoms with Crippen LogP contribution in [0.1, 0.15) is 0 Å². The molecule has 0 aliphatic rings. The van der Waals surface area contributed by atoms with Crippen LogP contribution < -0.4 is 4.90 Å². The summed E-state index contributed by atoms with van der Waals surface area (Å²) in [5, 5.41) is 5.94. The first-order valence-electron chi connectivity index (χ1n) is 10.2. The van der Waals surface area contributed by atoms with Gasteiger partial charge in [-0.05, 0) is 65.4 Å². The molecule has 0 amide bonds. The highest BCUT2D eigenvalue weighted by Crippen LogP contribution is 2.42. The number of nitrogens with zero attached hydrogens (tertiary/aromatic N) is 1. The van der Waals surface area contributed by atoms with Crippen molar-refractivity contribution < 1.29 is 0 Å². The van der Waals surface area contributed by atoms with Gasteiger partial charge in [0.2, 0.25) is 0 Å². The van der Waals surface area contributed by atoms with Gasteiger partial charge in [0.1, 0.15) is 0 Å². The monoisotopic (exact) mass is 435 g/mol. The molecule has 0 atom stereocenters. The van der Waals surface area contributed by atoms with E-state index < -0.39 is 0 Å². The highest BCUT2D eigenvalue weighted by molar-refractivity contribution is 7.26. The van der Waals surface area contributed by atoms with Crippen LogP contribution in [0.15, 0.2) is 109 Å². The molecular formula is C28H18ClNS. The second-order valence-corrected chi connectivity index (χ2v) is 9.08. The van der Waals surface area contributed by atoms with E-state index in [9.17, 15) is 0 Å². The Morgan fingerprint density at radius 1 is 0.548 bits per heavy atom. The maximum absolute atomic E-state index is 6.17. The van der Waals surface area contributed by atoms with E-state index in [1.54, 1.807) is 0 Å². The number of thiophene rings is 1. The molecule has 1 nitrogen and oxygen atoms in total. The molecule has 5 aromatic carbocycles. The van der Waals surface area contributed by atoms with Gasteiger partial charge in [-0.3, -0.25) is 0 Å². The van der Waals surface area contributed by atoms with E-state index in [1.165, 1.54) is 30.9 Å². The molecule has 0 bridgehead atoms. The zero-order chi connectivity index (χ0) is 20.8. The highest BCUT2D eigenvalue weighted by atomic mass is 35.5. The van der Waals surface area contributed by atoms with E-state index in [4.69, 9.17) is 11.6 Å². The van der Waals surface area contributed by atoms with Gasteiger partial charge in [0.25, 0.3) is 0 Å². The fraction of sp³-hybridized carbons (Fsp3) is 0. The lowest BCUT2D eigenvalue weighted by molar-refractivity contribution is 1.29. The van der Waals surface area contributed by atoms with Crippen LogP contribution >= 0.6 is 22.9 Å². The SMILES string of the molecule is Clc1ccc(N(c2ccccc2)c2ccc3sc4c5ccccc5ccc4c3c2)cc1. The quantitative estimate of drug-likeness (QED) is 0.267. The van der Waals surface area contributed by atoms with Crippen LogP contribution in [0.2, 0.25) is 5.02 Å². The molecule has 148 valence electrons. The maximum Gasteiger partial charge on any atom is 0.0468 e. The van der Waals surface area contributed by atoms with Gasteiger partial charge in [-0.1, -0.05) is 66.2 Å². The Labute approximate surface area is 189 Å². The minimum atomic E-state index is 0.739. The Morgan fingerprint density at radius 2 is 1.26 bits per heavy atom. The van der Waals surface area contributed by atoms with Gasteiger partial charge in [-0.15, -0.1) is 11.3 Å². The molecule has 0 aliphatic heterocycles. The fourth-order valence-corrected chi connectivity index (χ4v) is 5.59. The van der Waals surface area contributed by atoms with Crippen LogP contribution in [0.4, 0.5) is 17.1 Å². The van der Waals surface area contributed by atoms with E-state index >= 15 is 0 Å². The fourth-order valence-electron chi connectivity index (χ4n) is 4.25. The van der Waals surface area contributed by atoms with Crippen molar-refractivity contribution >= 4 is 70.9 Å². The molecule has 0 radical (unpaired) electrons. The third-order valence-electron chi connectivity index (χ3n) is 5.70. The summed E-state index contributed by atoms with van der Waals surface area (Å²) >= 11 is 8.04. The summed E-state index contributed by atoms with van der Waals surface area (Å²) in [5.41, 5.74) is 3.34. The molecule has 31 heavy (non-hydrogen) atoms. The summed E-state index contributed by atoms with van der Waals surface area (Å²) in [6, 6.07) is 38.4. The van der Waals surface area contributed by atoms with Gasteiger partial charge in [0.05, 0.1) is 0 Å². The van der Waals surface area contributed by atoms with Crippen LogP contribution in [0, 0.1) is 0 Å². The van der Waals surface area contributed by atoms with E-state index in [2.05, 4.69) is 95.9 Å². The van der Waals surface area contributed by atoms with E-state index in [0.717, 1.165) is 22.1 Å². The second-order valence-electron chi connectivity index (χ2n) is 7.59. The molecule has 1 heterocycles. The molecule has 0 fully saturated rings. The predicted octanol–water partition coefficient (Wildman–Crippen LogP) is 9.33. The number of fused-ring (bicyclic) bond motifs is 5. The predicted molar refractivity (Wildman–Crippen MR) is 137 cm³/mol. The van der Waals surface area contributed by atoms with Crippen molar-refractivity contribution in [2.45, 2.75) is 0 Å². The van der Waals surface area contributed by atoms with Crippen molar-refractivity contribution in [3.63, 3.8) is 0 Å². The Hall–Kier alpha value is -3.33. The Kier molecular flexibility index (Phi) is 4.41. The molecule has 3 heteroatoms. The van der Waals surface area contributed by atoms with Gasteiger partial charge < -0.3 is 4.90 Å². The number of hydrogen-bond acceptors (Lipinski definition) is 2. The summed E-state index contributed by atoms with van der Waals surface area (Å²) in [4.78, 5) is 2.28. The van der Waals surface area contributed by atoms with Gasteiger partial charge >= 0.3 is 0 Å². The highest BCUT2D eigenvalue weighted by Gasteiger charge is 2.15. The number of halogens is 1. The average Bonchev–Trinajstić information content (AvgIpc) is 3.20. The van der Waals surface area contributed by atoms with Crippen molar-refractivity contribution in [2.75, 3.05) is 4.90 Å². The van der Waals surface area contributed by atoms with Crippen molar-refractivity contribution in [1.82, 2.24) is 0 Å². The smallest absolute Gasteiger partial charge is 0.0468 e. The summed E-state index contributed by atoms with van der Waals surface area (Å²) in [6.45, 7) is 0. The molecule has 0 N–H and O–H groups in total. The van der Waals surface area contributed by atoms with E-state index in [0.29, 0.717) is 0 Å². The molecule has 0 unspecified atom stereocenters. The van der Waals surface area contributed by atoms with Crippen LogP contribution in [-0.2, 0) is 0 Å². The van der Waals surface area contributed by atoms with Gasteiger partial charge in [-0.25, -0.2) is 0 Å². The summed E-state index contributed by atoms with van der Waals surface area (Å²) in [6.07, 6.45) is 0. The average molecular weight is 436 g/mol. The van der Waals surface area contributed by atoms with E-state index in [-0.39, 0.29) is 0 Å². The van der Waals surface area contributed by atoms with Crippen LogP contribution in [0.25, 0.3) is 30.9 Å². The molecule has 0 saturated heterocycles. The Balaban J connectivity index is 1.59. The summed E-state index contributed by atoms with van der Waals surface area (Å²) in [7, 11) is 0. The minimum absolute atomic E-state index is 0.739. The Morgan fingerprint density at radius 3 is 2.10 bits per heavy atom. The van der Waals surface area contributed by atoms with Gasteiger partial charge in [0, 0.05) is 42.3 Å². The molecule has 6 aromatic rings. The van der Waals surface area contributed by atoms with Gasteiger partial charge in [-0.2, -0.15) is 0 Å². The lowest BCUT2D eigenvalue weighted by atomic mass is 10.1. The standard InChI is InChI=1S/C28H18ClNS/c29-20-11-13-22(14-12-20)30(21-7-2-1-3-8-21)23-15-17-27-26(18-23)25-16-10-19-6-4-5-9-24(19)28(25)31-27/h1-18H. The molecule has 6 rings (SSSR count). The molecule has 0 spiro atoms. The summed E-state index contributed by atoms with van der Waals surface area (Å²) in [5.74, 6) is 0. The second kappa shape index (κ2) is 7.42. The minimum Gasteiger partial charge on any atom is -0.310 e. The van der Waals surface area contributed by atoms with E-state index in [1.807, 2.05) is 29.5 Å². The van der Waals surface area contributed by atoms with Crippen molar-refractivity contribution in [3.05, 3.63) is 114 Å². The van der Waals surface area contributed by atoms with Crippen molar-refractivity contribution in [2.24, 2.45) is 0 Å². The lowest BCUT2D eigenvalue weighted by Gasteiger charge is -2.25. The normalized spacial score (nSPS) is 11.4. The molecule has 0 saturated carbocycles. The topological polar surface area (TPSA) is 3.24 Å². The van der Waals surface area contributed by atoms with Gasteiger partial charge in [0.15, 0.2) is 0 Å². The molecule has 1 aromatic heterocycles. The van der Waals surface area contributed by atoms with Crippen molar-refractivity contribution in [1.29, 1.82) is 0 Å². The molecular weight excluding hydrogens is 418 g/mol. The zero-order valence-corrected chi connectivity index (χ0v) is 18.2. The number of para-hydroxylation sites is 1. The lowest BCUT2D eigenvalue weighted by Crippen LogP contribution is -2.09. The summed E-state index contributed by atoms with van der Waals surface area (Å²) < 4.78 is 2.65. The first-order valence-corrected chi connectivity index (χ1v) is 11.4. The number of hydrogen-bond donors (Lipinski definition) is 0. The largest absolute Gasteiger partial charge is 0.310 e. The number of rotatable bonds is 3. The molecule has 0 aliphatic carbocycles. The Bertz CT molecular complexity index is 1530.